The van der Waals surface area contributed by atoms with Gasteiger partial charge in [0.05, 0.1) is 5.69 Å². The number of aromatic amines is 1. The van der Waals surface area contributed by atoms with Crippen molar-refractivity contribution in [3.05, 3.63) is 72.1 Å². The highest BCUT2D eigenvalue weighted by molar-refractivity contribution is 6.12. The Bertz CT molecular complexity index is 625. The van der Waals surface area contributed by atoms with Crippen LogP contribution in [0.4, 0.5) is 0 Å². The molecule has 0 saturated heterocycles. The Labute approximate surface area is 99.3 Å². The quantitative estimate of drug-likeness (QED) is 0.661. The van der Waals surface area contributed by atoms with E-state index in [1.807, 2.05) is 48.5 Å². The lowest BCUT2D eigenvalue weighted by molar-refractivity contribution is 0.103. The minimum atomic E-state index is 0.0381. The first-order valence-electron chi connectivity index (χ1n) is 5.52. The molecule has 82 valence electrons. The van der Waals surface area contributed by atoms with E-state index in [9.17, 15) is 4.79 Å². The average Bonchev–Trinajstić information content (AvgIpc) is 2.94. The molecule has 2 heteroatoms. The van der Waals surface area contributed by atoms with Crippen LogP contribution in [-0.4, -0.2) is 10.8 Å². The number of hydrogen-bond donors (Lipinski definition) is 1. The first kappa shape index (κ1) is 9.85. The molecule has 0 aliphatic heterocycles. The molecule has 2 nitrogen and oxygen atoms in total. The van der Waals surface area contributed by atoms with E-state index < -0.39 is 0 Å². The number of carbonyl (C=O) groups excluding carboxylic acids is 1. The van der Waals surface area contributed by atoms with E-state index in [0.717, 1.165) is 16.7 Å². The molecule has 0 aromatic carbocycles. The zero-order valence-corrected chi connectivity index (χ0v) is 9.18. The average molecular weight is 221 g/mol. The van der Waals surface area contributed by atoms with Gasteiger partial charge in [0.1, 0.15) is 0 Å². The Kier molecular flexibility index (Phi) is 2.26. The van der Waals surface area contributed by atoms with Gasteiger partial charge in [0, 0.05) is 11.8 Å². The van der Waals surface area contributed by atoms with Gasteiger partial charge >= 0.3 is 0 Å². The highest BCUT2D eigenvalue weighted by atomic mass is 16.1. The van der Waals surface area contributed by atoms with Crippen molar-refractivity contribution >= 4 is 5.78 Å². The van der Waals surface area contributed by atoms with Crippen molar-refractivity contribution in [1.29, 1.82) is 0 Å². The second-order valence-corrected chi connectivity index (χ2v) is 3.94. The zero-order valence-electron chi connectivity index (χ0n) is 9.18. The van der Waals surface area contributed by atoms with Gasteiger partial charge in [-0.25, -0.2) is 0 Å². The predicted octanol–water partition coefficient (Wildman–Crippen LogP) is 3.35. The van der Waals surface area contributed by atoms with Crippen LogP contribution in [0.25, 0.3) is 11.1 Å². The largest absolute Gasteiger partial charge is 0.359 e. The molecule has 0 radical (unpaired) electrons. The van der Waals surface area contributed by atoms with E-state index >= 15 is 0 Å². The van der Waals surface area contributed by atoms with Gasteiger partial charge in [-0.3, -0.25) is 4.79 Å². The van der Waals surface area contributed by atoms with Gasteiger partial charge in [-0.15, -0.1) is 0 Å². The van der Waals surface area contributed by atoms with Gasteiger partial charge in [-0.05, 0) is 29.3 Å². The maximum absolute atomic E-state index is 12.3. The van der Waals surface area contributed by atoms with Crippen LogP contribution in [0.5, 0.6) is 0 Å². The monoisotopic (exact) mass is 221 g/mol. The zero-order chi connectivity index (χ0) is 11.7. The van der Waals surface area contributed by atoms with E-state index in [-0.39, 0.29) is 5.78 Å². The Morgan fingerprint density at radius 2 is 1.76 bits per heavy atom. The Hall–Kier alpha value is -2.35. The normalized spacial score (nSPS) is 10.6. The molecule has 2 aliphatic carbocycles. The highest BCUT2D eigenvalue weighted by Crippen LogP contribution is 2.28. The summed E-state index contributed by atoms with van der Waals surface area (Å²) in [7, 11) is 0. The molecule has 0 unspecified atom stereocenters. The Morgan fingerprint density at radius 3 is 2.59 bits per heavy atom. The SMILES string of the molecule is O=C(c1ccc[nH]1)c1ccc2cccccc1-2. The number of hydrogen-bond acceptors (Lipinski definition) is 1. The number of fused-ring (bicyclic) bond motifs is 1. The van der Waals surface area contributed by atoms with E-state index in [1.54, 1.807) is 12.3 Å². The Balaban J connectivity index is 2.12. The molecule has 2 aliphatic rings. The summed E-state index contributed by atoms with van der Waals surface area (Å²) in [5.41, 5.74) is 3.46. The summed E-state index contributed by atoms with van der Waals surface area (Å²) in [4.78, 5) is 15.2. The summed E-state index contributed by atoms with van der Waals surface area (Å²) in [6.45, 7) is 0. The van der Waals surface area contributed by atoms with E-state index in [1.165, 1.54) is 0 Å². The third-order valence-electron chi connectivity index (χ3n) is 2.88. The third kappa shape index (κ3) is 1.64. The van der Waals surface area contributed by atoms with Gasteiger partial charge in [0.15, 0.2) is 0 Å². The molecule has 3 rings (SSSR count). The summed E-state index contributed by atoms with van der Waals surface area (Å²) < 4.78 is 0. The number of carbonyl (C=O) groups is 1. The first-order valence-corrected chi connectivity index (χ1v) is 5.52. The molecule has 0 spiro atoms. The molecule has 1 aromatic rings. The molecule has 0 saturated carbocycles. The van der Waals surface area contributed by atoms with Gasteiger partial charge < -0.3 is 4.98 Å². The summed E-state index contributed by atoms with van der Waals surface area (Å²) in [6.07, 6.45) is 1.76. The molecule has 17 heavy (non-hydrogen) atoms. The smallest absolute Gasteiger partial charge is 0.209 e. The number of rotatable bonds is 2. The van der Waals surface area contributed by atoms with Crippen LogP contribution in [0.1, 0.15) is 16.1 Å². The van der Waals surface area contributed by atoms with Gasteiger partial charge in [-0.2, -0.15) is 0 Å². The number of nitrogens with one attached hydrogen (secondary N) is 1. The fourth-order valence-corrected chi connectivity index (χ4v) is 2.03. The minimum absolute atomic E-state index is 0.0381. The number of ketones is 1. The van der Waals surface area contributed by atoms with Crippen molar-refractivity contribution in [3.8, 4) is 11.1 Å². The van der Waals surface area contributed by atoms with Crippen molar-refractivity contribution in [2.75, 3.05) is 0 Å². The fourth-order valence-electron chi connectivity index (χ4n) is 2.03. The molecule has 0 fully saturated rings. The topological polar surface area (TPSA) is 32.9 Å². The fraction of sp³-hybridized carbons (Fsp3) is 0. The Morgan fingerprint density at radius 1 is 0.882 bits per heavy atom. The standard InChI is InChI=1S/C15H11NO/c17-15(14-7-4-10-16-14)13-9-8-11-5-2-1-3-6-12(11)13/h1-10,16H. The minimum Gasteiger partial charge on any atom is -0.359 e. The summed E-state index contributed by atoms with van der Waals surface area (Å²) in [5.74, 6) is 0.0381. The van der Waals surface area contributed by atoms with Crippen LogP contribution in [0, 0.1) is 0 Å². The van der Waals surface area contributed by atoms with Crippen molar-refractivity contribution in [2.24, 2.45) is 0 Å². The molecule has 1 aromatic heterocycles. The predicted molar refractivity (Wildman–Crippen MR) is 67.3 cm³/mol. The van der Waals surface area contributed by atoms with Crippen LogP contribution in [-0.2, 0) is 0 Å². The van der Waals surface area contributed by atoms with Crippen LogP contribution in [0.3, 0.4) is 0 Å². The summed E-state index contributed by atoms with van der Waals surface area (Å²) in [6, 6.07) is 17.4. The lowest BCUT2D eigenvalue weighted by Crippen LogP contribution is -2.00. The maximum atomic E-state index is 12.3. The summed E-state index contributed by atoms with van der Waals surface area (Å²) >= 11 is 0. The van der Waals surface area contributed by atoms with Gasteiger partial charge in [-0.1, -0.05) is 36.4 Å². The summed E-state index contributed by atoms with van der Waals surface area (Å²) in [5, 5.41) is 0. The van der Waals surface area contributed by atoms with Gasteiger partial charge in [0.25, 0.3) is 0 Å². The third-order valence-corrected chi connectivity index (χ3v) is 2.88. The first-order chi connectivity index (χ1) is 8.36. The van der Waals surface area contributed by atoms with Crippen molar-refractivity contribution in [2.45, 2.75) is 0 Å². The molecule has 0 atom stereocenters. The maximum Gasteiger partial charge on any atom is 0.209 e. The van der Waals surface area contributed by atoms with E-state index in [0.29, 0.717) is 5.69 Å². The van der Waals surface area contributed by atoms with Crippen LogP contribution in [0.15, 0.2) is 60.8 Å². The number of aromatic nitrogens is 1. The van der Waals surface area contributed by atoms with Crippen LogP contribution in [0.2, 0.25) is 0 Å². The van der Waals surface area contributed by atoms with E-state index in [2.05, 4.69) is 4.98 Å². The van der Waals surface area contributed by atoms with Crippen molar-refractivity contribution < 1.29 is 4.79 Å². The molecular weight excluding hydrogens is 210 g/mol. The molecule has 1 N–H and O–H groups in total. The van der Waals surface area contributed by atoms with Crippen molar-refractivity contribution in [3.63, 3.8) is 0 Å². The highest BCUT2D eigenvalue weighted by Gasteiger charge is 2.16. The lowest BCUT2D eigenvalue weighted by Gasteiger charge is -1.99. The molecule has 0 bridgehead atoms. The number of H-pyrrole nitrogens is 1. The van der Waals surface area contributed by atoms with Crippen molar-refractivity contribution in [1.82, 2.24) is 4.98 Å². The lowest BCUT2D eigenvalue weighted by atomic mass is 10.0. The molecule has 1 heterocycles. The molecular formula is C15H11NO. The van der Waals surface area contributed by atoms with Crippen LogP contribution >= 0.6 is 0 Å². The van der Waals surface area contributed by atoms with Gasteiger partial charge in [0.2, 0.25) is 5.78 Å². The second kappa shape index (κ2) is 3.91. The second-order valence-electron chi connectivity index (χ2n) is 3.94. The molecule has 0 amide bonds. The van der Waals surface area contributed by atoms with E-state index in [4.69, 9.17) is 0 Å². The van der Waals surface area contributed by atoms with Crippen LogP contribution < -0.4 is 0 Å².